The second-order valence-electron chi connectivity index (χ2n) is 2.52. The fourth-order valence-corrected chi connectivity index (χ4v) is 1.01. The summed E-state index contributed by atoms with van der Waals surface area (Å²) in [4.78, 5) is 4.10. The highest BCUT2D eigenvalue weighted by atomic mass is 19.1. The predicted molar refractivity (Wildman–Crippen MR) is 43.6 cm³/mol. The van der Waals surface area contributed by atoms with Gasteiger partial charge in [0, 0.05) is 6.07 Å². The Morgan fingerprint density at radius 1 is 1.43 bits per heavy atom. The number of phenolic OH excluding ortho intramolecular Hbond substituents is 1. The number of hydrogen-bond donors (Lipinski definition) is 2. The van der Waals surface area contributed by atoms with Crippen molar-refractivity contribution >= 4 is 0 Å². The molecular formula is C8H9F2NO3. The van der Waals surface area contributed by atoms with E-state index in [0.29, 0.717) is 0 Å². The largest absolute Gasteiger partial charge is 0.505 e. The number of nitrogens with two attached hydrogens (primary N) is 1. The predicted octanol–water partition coefficient (Wildman–Crippen LogP) is 1.07. The fourth-order valence-electron chi connectivity index (χ4n) is 1.01. The summed E-state index contributed by atoms with van der Waals surface area (Å²) in [6, 6.07) is 0.838. The molecule has 0 aromatic heterocycles. The maximum absolute atomic E-state index is 13.3. The summed E-state index contributed by atoms with van der Waals surface area (Å²) < 4.78 is 30.9. The van der Waals surface area contributed by atoms with Gasteiger partial charge in [0.25, 0.3) is 0 Å². The molecule has 0 aliphatic heterocycles. The monoisotopic (exact) mass is 205 g/mol. The molecule has 14 heavy (non-hydrogen) atoms. The third-order valence-corrected chi connectivity index (χ3v) is 1.69. The van der Waals surface area contributed by atoms with Crippen LogP contribution in [0.5, 0.6) is 11.5 Å². The Morgan fingerprint density at radius 2 is 2.07 bits per heavy atom. The van der Waals surface area contributed by atoms with Crippen LogP contribution in [0.25, 0.3) is 0 Å². The maximum Gasteiger partial charge on any atom is 0.173 e. The molecule has 0 atom stereocenters. The molecule has 6 heteroatoms. The summed E-state index contributed by atoms with van der Waals surface area (Å²) in [6.45, 7) is -0.484. The van der Waals surface area contributed by atoms with Crippen LogP contribution >= 0.6 is 0 Å². The van der Waals surface area contributed by atoms with E-state index in [4.69, 9.17) is 5.11 Å². The second kappa shape index (κ2) is 4.21. The Kier molecular flexibility index (Phi) is 3.21. The summed E-state index contributed by atoms with van der Waals surface area (Å²) in [5, 5.41) is 9.05. The molecule has 1 rings (SSSR count). The first-order chi connectivity index (χ1) is 6.61. The summed E-state index contributed by atoms with van der Waals surface area (Å²) in [7, 11) is 1.20. The average molecular weight is 205 g/mol. The SMILES string of the molecule is COc1cc(O)c(F)c(CON)c1F. The molecule has 0 bridgehead atoms. The molecule has 0 spiro atoms. The van der Waals surface area contributed by atoms with Crippen LogP contribution in [0.3, 0.4) is 0 Å². The molecule has 0 unspecified atom stereocenters. The molecule has 0 amide bonds. The molecule has 1 aromatic rings. The third kappa shape index (κ3) is 1.75. The van der Waals surface area contributed by atoms with E-state index in [1.807, 2.05) is 0 Å². The van der Waals surface area contributed by atoms with Crippen molar-refractivity contribution in [1.82, 2.24) is 0 Å². The Morgan fingerprint density at radius 3 is 2.57 bits per heavy atom. The van der Waals surface area contributed by atoms with Crippen LogP contribution < -0.4 is 10.6 Å². The Hall–Kier alpha value is -1.40. The van der Waals surface area contributed by atoms with E-state index in [1.54, 1.807) is 0 Å². The van der Waals surface area contributed by atoms with Crippen molar-refractivity contribution in [2.24, 2.45) is 5.90 Å². The van der Waals surface area contributed by atoms with Gasteiger partial charge < -0.3 is 9.84 Å². The highest BCUT2D eigenvalue weighted by Gasteiger charge is 2.18. The van der Waals surface area contributed by atoms with Gasteiger partial charge in [-0.25, -0.2) is 14.7 Å². The van der Waals surface area contributed by atoms with Gasteiger partial charge in [0.05, 0.1) is 19.3 Å². The number of rotatable bonds is 3. The first-order valence-electron chi connectivity index (χ1n) is 3.67. The topological polar surface area (TPSA) is 64.7 Å². The van der Waals surface area contributed by atoms with Crippen LogP contribution in [-0.4, -0.2) is 12.2 Å². The van der Waals surface area contributed by atoms with Gasteiger partial charge in [-0.3, -0.25) is 4.84 Å². The molecule has 0 aliphatic rings. The summed E-state index contributed by atoms with van der Waals surface area (Å²) in [5.41, 5.74) is -0.468. The normalized spacial score (nSPS) is 10.3. The van der Waals surface area contributed by atoms with Crippen molar-refractivity contribution in [3.05, 3.63) is 23.3 Å². The summed E-state index contributed by atoms with van der Waals surface area (Å²) in [6.07, 6.45) is 0. The van der Waals surface area contributed by atoms with Crippen LogP contribution in [0.15, 0.2) is 6.07 Å². The minimum Gasteiger partial charge on any atom is -0.505 e. The minimum absolute atomic E-state index is 0.268. The number of methoxy groups -OCH3 is 1. The van der Waals surface area contributed by atoms with Gasteiger partial charge in [-0.15, -0.1) is 0 Å². The fraction of sp³-hybridized carbons (Fsp3) is 0.250. The average Bonchev–Trinajstić information content (AvgIpc) is 2.18. The van der Waals surface area contributed by atoms with Crippen LogP contribution in [-0.2, 0) is 11.4 Å². The van der Waals surface area contributed by atoms with Crippen molar-refractivity contribution in [3.63, 3.8) is 0 Å². The number of hydrogen-bond acceptors (Lipinski definition) is 4. The van der Waals surface area contributed by atoms with Crippen molar-refractivity contribution in [2.45, 2.75) is 6.61 Å². The third-order valence-electron chi connectivity index (χ3n) is 1.69. The van der Waals surface area contributed by atoms with E-state index in [-0.39, 0.29) is 5.75 Å². The van der Waals surface area contributed by atoms with Crippen molar-refractivity contribution < 1.29 is 23.5 Å². The maximum atomic E-state index is 13.3. The van der Waals surface area contributed by atoms with Gasteiger partial charge in [-0.05, 0) is 0 Å². The first-order valence-corrected chi connectivity index (χ1v) is 3.67. The zero-order valence-corrected chi connectivity index (χ0v) is 7.38. The minimum atomic E-state index is -1.10. The zero-order chi connectivity index (χ0) is 10.7. The molecule has 78 valence electrons. The van der Waals surface area contributed by atoms with Crippen LogP contribution in [0.2, 0.25) is 0 Å². The van der Waals surface area contributed by atoms with Crippen LogP contribution in [0, 0.1) is 11.6 Å². The first kappa shape index (κ1) is 10.7. The van der Waals surface area contributed by atoms with E-state index in [0.717, 1.165) is 6.07 Å². The molecule has 1 aromatic carbocycles. The number of benzene rings is 1. The van der Waals surface area contributed by atoms with E-state index >= 15 is 0 Å². The van der Waals surface area contributed by atoms with E-state index in [1.165, 1.54) is 7.11 Å². The smallest absolute Gasteiger partial charge is 0.173 e. The van der Waals surface area contributed by atoms with Crippen LogP contribution in [0.4, 0.5) is 8.78 Å². The lowest BCUT2D eigenvalue weighted by atomic mass is 10.2. The van der Waals surface area contributed by atoms with E-state index < -0.39 is 29.6 Å². The molecule has 0 fully saturated rings. The van der Waals surface area contributed by atoms with Gasteiger partial charge in [0.2, 0.25) is 0 Å². The zero-order valence-electron chi connectivity index (χ0n) is 7.38. The molecule has 3 N–H and O–H groups in total. The number of phenols is 1. The number of ether oxygens (including phenoxy) is 1. The molecule has 0 saturated carbocycles. The summed E-state index contributed by atoms with van der Waals surface area (Å²) >= 11 is 0. The standard InChI is InChI=1S/C8H9F2NO3/c1-13-6-2-5(12)7(9)4(3-14-11)8(6)10/h2,12H,3,11H2,1H3. The Labute approximate surface area is 78.8 Å². The lowest BCUT2D eigenvalue weighted by Gasteiger charge is -2.09. The van der Waals surface area contributed by atoms with E-state index in [9.17, 15) is 8.78 Å². The molecule has 0 heterocycles. The highest BCUT2D eigenvalue weighted by Crippen LogP contribution is 2.30. The van der Waals surface area contributed by atoms with Gasteiger partial charge in [-0.1, -0.05) is 0 Å². The summed E-state index contributed by atoms with van der Waals surface area (Å²) in [5.74, 6) is 1.66. The lowest BCUT2D eigenvalue weighted by Crippen LogP contribution is -2.05. The van der Waals surface area contributed by atoms with Gasteiger partial charge in [0.1, 0.15) is 0 Å². The molecule has 0 aliphatic carbocycles. The quantitative estimate of drug-likeness (QED) is 0.724. The van der Waals surface area contributed by atoms with Gasteiger partial charge >= 0.3 is 0 Å². The molecule has 0 radical (unpaired) electrons. The second-order valence-corrected chi connectivity index (χ2v) is 2.52. The van der Waals surface area contributed by atoms with Gasteiger partial charge in [-0.2, -0.15) is 0 Å². The molecule has 0 saturated heterocycles. The number of halogens is 2. The Bertz CT molecular complexity index is 344. The van der Waals surface area contributed by atoms with E-state index in [2.05, 4.69) is 15.5 Å². The Balaban J connectivity index is 3.29. The highest BCUT2D eigenvalue weighted by molar-refractivity contribution is 5.40. The van der Waals surface area contributed by atoms with Crippen LogP contribution in [0.1, 0.15) is 5.56 Å². The molecular weight excluding hydrogens is 196 g/mol. The lowest BCUT2D eigenvalue weighted by molar-refractivity contribution is 0.117. The van der Waals surface area contributed by atoms with Gasteiger partial charge in [0.15, 0.2) is 23.1 Å². The number of aromatic hydroxyl groups is 1. The van der Waals surface area contributed by atoms with Crippen molar-refractivity contribution in [2.75, 3.05) is 7.11 Å². The van der Waals surface area contributed by atoms with Crippen molar-refractivity contribution in [3.8, 4) is 11.5 Å². The van der Waals surface area contributed by atoms with Crippen molar-refractivity contribution in [1.29, 1.82) is 0 Å². The molecule has 4 nitrogen and oxygen atoms in total.